The Kier molecular flexibility index (Phi) is 3.73. The van der Waals surface area contributed by atoms with Crippen LogP contribution in [0.1, 0.15) is 5.82 Å². The highest BCUT2D eigenvalue weighted by Gasteiger charge is 2.08. The van der Waals surface area contributed by atoms with E-state index in [-0.39, 0.29) is 12.5 Å². The minimum atomic E-state index is -0.297. The number of nitrogens with zero attached hydrogens (tertiary/aromatic N) is 2. The van der Waals surface area contributed by atoms with Crippen molar-refractivity contribution in [2.75, 3.05) is 17.7 Å². The third-order valence-electron chi connectivity index (χ3n) is 2.05. The van der Waals surface area contributed by atoms with Gasteiger partial charge >= 0.3 is 0 Å². The van der Waals surface area contributed by atoms with Crippen molar-refractivity contribution < 1.29 is 9.53 Å². The van der Waals surface area contributed by atoms with Crippen LogP contribution in [0, 0.1) is 6.92 Å². The zero-order valence-corrected chi connectivity index (χ0v) is 10.5. The lowest BCUT2D eigenvalue weighted by atomic mass is 10.3. The monoisotopic (exact) mass is 264 g/mol. The van der Waals surface area contributed by atoms with Gasteiger partial charge in [0.1, 0.15) is 11.6 Å². The molecule has 1 amide bonds. The average Bonchev–Trinajstić information content (AvgIpc) is 2.74. The number of carbonyl (C=O) groups is 1. The number of hydrogen-bond donors (Lipinski definition) is 2. The Morgan fingerprint density at radius 3 is 2.94 bits per heavy atom. The van der Waals surface area contributed by atoms with Gasteiger partial charge in [0.15, 0.2) is 6.61 Å². The highest BCUT2D eigenvalue weighted by atomic mass is 32.1. The first-order chi connectivity index (χ1) is 8.65. The predicted octanol–water partition coefficient (Wildman–Crippen LogP) is 1.45. The quantitative estimate of drug-likeness (QED) is 0.816. The lowest BCUT2D eigenvalue weighted by Crippen LogP contribution is -2.20. The zero-order chi connectivity index (χ0) is 13.0. The minimum absolute atomic E-state index is 0.118. The van der Waals surface area contributed by atoms with E-state index in [2.05, 4.69) is 14.7 Å². The summed E-state index contributed by atoms with van der Waals surface area (Å²) < 4.78 is 9.25. The lowest BCUT2D eigenvalue weighted by molar-refractivity contribution is -0.118. The second-order valence-electron chi connectivity index (χ2n) is 3.52. The Hall–Kier alpha value is -2.15. The molecule has 7 heteroatoms. The molecule has 0 radical (unpaired) electrons. The van der Waals surface area contributed by atoms with Gasteiger partial charge in [-0.15, -0.1) is 0 Å². The molecule has 6 nitrogen and oxygen atoms in total. The van der Waals surface area contributed by atoms with Crippen molar-refractivity contribution in [1.82, 2.24) is 9.36 Å². The number of para-hydroxylation sites is 2. The zero-order valence-electron chi connectivity index (χ0n) is 9.71. The van der Waals surface area contributed by atoms with Crippen LogP contribution in [0.4, 0.5) is 10.8 Å². The molecule has 0 spiro atoms. The summed E-state index contributed by atoms with van der Waals surface area (Å²) in [6.07, 6.45) is 0. The standard InChI is InChI=1S/C11H12N4O2S/c1-7-13-11(18-15-7)14-10(16)6-17-9-5-3-2-4-8(9)12/h2-5H,6,12H2,1H3,(H,13,14,15,16). The van der Waals surface area contributed by atoms with Crippen LogP contribution in [0.25, 0.3) is 0 Å². The summed E-state index contributed by atoms with van der Waals surface area (Å²) >= 11 is 1.13. The van der Waals surface area contributed by atoms with Crippen LogP contribution in [0.5, 0.6) is 5.75 Å². The summed E-state index contributed by atoms with van der Waals surface area (Å²) in [5.74, 6) is 0.819. The fraction of sp³-hybridized carbons (Fsp3) is 0.182. The summed E-state index contributed by atoms with van der Waals surface area (Å²) in [5, 5.41) is 3.05. The van der Waals surface area contributed by atoms with E-state index in [1.807, 2.05) is 0 Å². The van der Waals surface area contributed by atoms with Crippen molar-refractivity contribution in [3.63, 3.8) is 0 Å². The molecule has 2 aromatic rings. The van der Waals surface area contributed by atoms with Gasteiger partial charge in [0.05, 0.1) is 5.69 Å². The molecular formula is C11H12N4O2S. The van der Waals surface area contributed by atoms with Crippen LogP contribution in [0.3, 0.4) is 0 Å². The molecule has 18 heavy (non-hydrogen) atoms. The second-order valence-corrected chi connectivity index (χ2v) is 4.27. The van der Waals surface area contributed by atoms with Crippen LogP contribution in [0.2, 0.25) is 0 Å². The van der Waals surface area contributed by atoms with E-state index in [1.165, 1.54) is 0 Å². The molecule has 0 saturated heterocycles. The third kappa shape index (κ3) is 3.17. The molecule has 1 aromatic heterocycles. The molecule has 1 aromatic carbocycles. The first-order valence-corrected chi connectivity index (χ1v) is 6.00. The van der Waals surface area contributed by atoms with E-state index in [0.29, 0.717) is 22.4 Å². The fourth-order valence-corrected chi connectivity index (χ4v) is 1.85. The Labute approximate surface area is 108 Å². The number of nitrogens with one attached hydrogen (secondary N) is 1. The summed E-state index contributed by atoms with van der Waals surface area (Å²) in [6, 6.07) is 7.00. The highest BCUT2D eigenvalue weighted by molar-refractivity contribution is 7.09. The van der Waals surface area contributed by atoms with Gasteiger partial charge in [-0.05, 0) is 19.1 Å². The van der Waals surface area contributed by atoms with E-state index in [9.17, 15) is 4.79 Å². The number of anilines is 2. The van der Waals surface area contributed by atoms with E-state index >= 15 is 0 Å². The number of ether oxygens (including phenoxy) is 1. The van der Waals surface area contributed by atoms with Crippen LogP contribution >= 0.6 is 11.5 Å². The molecule has 0 bridgehead atoms. The van der Waals surface area contributed by atoms with Gasteiger partial charge in [0, 0.05) is 11.5 Å². The molecule has 0 saturated carbocycles. The topological polar surface area (TPSA) is 90.1 Å². The van der Waals surface area contributed by atoms with Gasteiger partial charge < -0.3 is 10.5 Å². The molecule has 94 valence electrons. The number of benzene rings is 1. The van der Waals surface area contributed by atoms with E-state index in [4.69, 9.17) is 10.5 Å². The van der Waals surface area contributed by atoms with Crippen molar-refractivity contribution in [2.24, 2.45) is 0 Å². The molecule has 0 aliphatic rings. The number of aromatic nitrogens is 2. The Bertz CT molecular complexity index is 555. The summed E-state index contributed by atoms with van der Waals surface area (Å²) in [6.45, 7) is 1.64. The number of carbonyl (C=O) groups excluding carboxylic acids is 1. The summed E-state index contributed by atoms with van der Waals surface area (Å²) in [4.78, 5) is 15.6. The number of rotatable bonds is 4. The predicted molar refractivity (Wildman–Crippen MR) is 69.6 cm³/mol. The maximum absolute atomic E-state index is 11.6. The Morgan fingerprint density at radius 1 is 1.50 bits per heavy atom. The van der Waals surface area contributed by atoms with Crippen LogP contribution in [0.15, 0.2) is 24.3 Å². The summed E-state index contributed by atoms with van der Waals surface area (Å²) in [7, 11) is 0. The number of hydrogen-bond acceptors (Lipinski definition) is 6. The highest BCUT2D eigenvalue weighted by Crippen LogP contribution is 2.19. The smallest absolute Gasteiger partial charge is 0.264 e. The van der Waals surface area contributed by atoms with Gasteiger partial charge in [-0.3, -0.25) is 10.1 Å². The summed E-state index contributed by atoms with van der Waals surface area (Å²) in [5.41, 5.74) is 6.18. The normalized spacial score (nSPS) is 10.1. The van der Waals surface area contributed by atoms with Crippen LogP contribution in [-0.2, 0) is 4.79 Å². The first kappa shape index (κ1) is 12.3. The van der Waals surface area contributed by atoms with E-state index in [0.717, 1.165) is 11.5 Å². The van der Waals surface area contributed by atoms with Gasteiger partial charge in [-0.25, -0.2) is 4.98 Å². The van der Waals surface area contributed by atoms with E-state index < -0.39 is 0 Å². The number of amides is 1. The Morgan fingerprint density at radius 2 is 2.28 bits per heavy atom. The van der Waals surface area contributed by atoms with E-state index in [1.54, 1.807) is 31.2 Å². The van der Waals surface area contributed by atoms with Crippen LogP contribution < -0.4 is 15.8 Å². The molecule has 0 unspecified atom stereocenters. The minimum Gasteiger partial charge on any atom is -0.482 e. The number of nitrogens with two attached hydrogens (primary N) is 1. The Balaban J connectivity index is 1.87. The molecule has 2 rings (SSSR count). The molecule has 0 aliphatic carbocycles. The second kappa shape index (κ2) is 5.46. The van der Waals surface area contributed by atoms with Crippen molar-refractivity contribution in [3.05, 3.63) is 30.1 Å². The first-order valence-electron chi connectivity index (χ1n) is 5.22. The van der Waals surface area contributed by atoms with Crippen molar-refractivity contribution in [3.8, 4) is 5.75 Å². The fourth-order valence-electron chi connectivity index (χ4n) is 1.26. The van der Waals surface area contributed by atoms with Crippen LogP contribution in [-0.4, -0.2) is 21.9 Å². The third-order valence-corrected chi connectivity index (χ3v) is 2.77. The van der Waals surface area contributed by atoms with Gasteiger partial charge in [0.2, 0.25) is 5.13 Å². The SMILES string of the molecule is Cc1nsc(NC(=O)COc2ccccc2N)n1. The number of aryl methyl sites for hydroxylation is 1. The molecule has 1 heterocycles. The molecule has 3 N–H and O–H groups in total. The number of nitrogen functional groups attached to an aromatic ring is 1. The molecule has 0 aliphatic heterocycles. The molecule has 0 fully saturated rings. The van der Waals surface area contributed by atoms with Gasteiger partial charge in [-0.2, -0.15) is 4.37 Å². The average molecular weight is 264 g/mol. The van der Waals surface area contributed by atoms with Gasteiger partial charge in [0.25, 0.3) is 5.91 Å². The lowest BCUT2D eigenvalue weighted by Gasteiger charge is -2.07. The molecule has 0 atom stereocenters. The van der Waals surface area contributed by atoms with Crippen molar-refractivity contribution >= 4 is 28.3 Å². The van der Waals surface area contributed by atoms with Crippen molar-refractivity contribution in [2.45, 2.75) is 6.92 Å². The van der Waals surface area contributed by atoms with Gasteiger partial charge in [-0.1, -0.05) is 12.1 Å². The van der Waals surface area contributed by atoms with Crippen molar-refractivity contribution in [1.29, 1.82) is 0 Å². The maximum Gasteiger partial charge on any atom is 0.264 e. The maximum atomic E-state index is 11.6. The molecular weight excluding hydrogens is 252 g/mol. The largest absolute Gasteiger partial charge is 0.482 e.